The Morgan fingerprint density at radius 2 is 2.06 bits per heavy atom. The highest BCUT2D eigenvalue weighted by Crippen LogP contribution is 2.27. The molecule has 2 rings (SSSR count). The summed E-state index contributed by atoms with van der Waals surface area (Å²) in [4.78, 5) is 7.83. The molecule has 0 aliphatic carbocycles. The quantitative estimate of drug-likeness (QED) is 0.885. The van der Waals surface area contributed by atoms with Crippen LogP contribution in [0.2, 0.25) is 0 Å². The van der Waals surface area contributed by atoms with Gasteiger partial charge in [-0.15, -0.1) is 0 Å². The van der Waals surface area contributed by atoms with E-state index in [2.05, 4.69) is 9.97 Å². The van der Waals surface area contributed by atoms with Crippen molar-refractivity contribution in [1.29, 1.82) is 0 Å². The van der Waals surface area contributed by atoms with Crippen LogP contribution in [0.1, 0.15) is 12.5 Å². The number of para-hydroxylation sites is 1. The van der Waals surface area contributed by atoms with Gasteiger partial charge >= 0.3 is 0 Å². The van der Waals surface area contributed by atoms with Crippen molar-refractivity contribution in [3.63, 3.8) is 0 Å². The van der Waals surface area contributed by atoms with Gasteiger partial charge in [-0.2, -0.15) is 0 Å². The lowest BCUT2D eigenvalue weighted by Crippen LogP contribution is -2.02. The van der Waals surface area contributed by atoms with E-state index in [1.54, 1.807) is 12.1 Å². The van der Waals surface area contributed by atoms with E-state index in [4.69, 9.17) is 10.5 Å². The average molecular weight is 233 g/mol. The Hall–Kier alpha value is -2.17. The first-order chi connectivity index (χ1) is 8.22. The van der Waals surface area contributed by atoms with Crippen molar-refractivity contribution < 1.29 is 9.13 Å². The molecule has 0 bridgehead atoms. The highest BCUT2D eigenvalue weighted by Gasteiger charge is 2.11. The molecular formula is C12H12FN3O. The van der Waals surface area contributed by atoms with Gasteiger partial charge in [-0.1, -0.05) is 19.1 Å². The van der Waals surface area contributed by atoms with Gasteiger partial charge in [-0.3, -0.25) is 0 Å². The molecule has 0 unspecified atom stereocenters. The van der Waals surface area contributed by atoms with Gasteiger partial charge in [0.15, 0.2) is 11.6 Å². The molecule has 1 heterocycles. The largest absolute Gasteiger partial charge is 0.435 e. The molecule has 88 valence electrons. The molecular weight excluding hydrogens is 221 g/mol. The van der Waals surface area contributed by atoms with Crippen LogP contribution >= 0.6 is 0 Å². The molecule has 0 saturated carbocycles. The lowest BCUT2D eigenvalue weighted by Gasteiger charge is -2.10. The van der Waals surface area contributed by atoms with Gasteiger partial charge in [0.25, 0.3) is 0 Å². The normalized spacial score (nSPS) is 10.2. The van der Waals surface area contributed by atoms with E-state index in [1.807, 2.05) is 6.92 Å². The molecule has 0 atom stereocenters. The van der Waals surface area contributed by atoms with Crippen LogP contribution in [0.3, 0.4) is 0 Å². The lowest BCUT2D eigenvalue weighted by atomic mass is 10.2. The van der Waals surface area contributed by atoms with Crippen molar-refractivity contribution in [2.45, 2.75) is 13.3 Å². The average Bonchev–Trinajstić information content (AvgIpc) is 2.32. The van der Waals surface area contributed by atoms with E-state index in [1.165, 1.54) is 18.5 Å². The molecule has 2 N–H and O–H groups in total. The third-order valence-electron chi connectivity index (χ3n) is 2.34. The highest BCUT2D eigenvalue weighted by molar-refractivity contribution is 5.46. The van der Waals surface area contributed by atoms with Crippen molar-refractivity contribution in [1.82, 2.24) is 9.97 Å². The zero-order valence-corrected chi connectivity index (χ0v) is 9.35. The van der Waals surface area contributed by atoms with Gasteiger partial charge in [-0.25, -0.2) is 14.4 Å². The number of anilines is 1. The number of nitrogens with zero attached hydrogens (tertiary/aromatic N) is 2. The first-order valence-electron chi connectivity index (χ1n) is 5.24. The van der Waals surface area contributed by atoms with Crippen LogP contribution in [0.4, 0.5) is 10.2 Å². The van der Waals surface area contributed by atoms with Crippen molar-refractivity contribution in [2.24, 2.45) is 0 Å². The van der Waals surface area contributed by atoms with Gasteiger partial charge in [0.2, 0.25) is 5.88 Å². The van der Waals surface area contributed by atoms with E-state index in [9.17, 15) is 4.39 Å². The molecule has 0 amide bonds. The Labute approximate surface area is 98.3 Å². The number of ether oxygens (including phenoxy) is 1. The van der Waals surface area contributed by atoms with E-state index >= 15 is 0 Å². The number of hydrogen-bond donors (Lipinski definition) is 1. The Balaban J connectivity index is 2.37. The molecule has 1 aromatic heterocycles. The number of nitrogen functional groups attached to an aromatic ring is 1. The summed E-state index contributed by atoms with van der Waals surface area (Å²) in [6.07, 6.45) is 1.92. The molecule has 1 aromatic carbocycles. The maximum atomic E-state index is 13.4. The monoisotopic (exact) mass is 233 g/mol. The minimum Gasteiger partial charge on any atom is -0.435 e. The predicted octanol–water partition coefficient (Wildman–Crippen LogP) is 2.55. The first kappa shape index (κ1) is 11.3. The van der Waals surface area contributed by atoms with Crippen LogP contribution in [0.15, 0.2) is 30.6 Å². The maximum Gasteiger partial charge on any atom is 0.227 e. The molecule has 0 radical (unpaired) electrons. The molecule has 2 aromatic rings. The third-order valence-corrected chi connectivity index (χ3v) is 2.34. The Bertz CT molecular complexity index is 531. The third kappa shape index (κ3) is 2.33. The van der Waals surface area contributed by atoms with Gasteiger partial charge in [0, 0.05) is 0 Å². The summed E-state index contributed by atoms with van der Waals surface area (Å²) in [5.41, 5.74) is 6.38. The van der Waals surface area contributed by atoms with Crippen LogP contribution in [0, 0.1) is 5.82 Å². The summed E-state index contributed by atoms with van der Waals surface area (Å²) in [6, 6.07) is 6.14. The zero-order valence-electron chi connectivity index (χ0n) is 9.35. The minimum absolute atomic E-state index is 0.125. The summed E-state index contributed by atoms with van der Waals surface area (Å²) in [5, 5.41) is 0. The Morgan fingerprint density at radius 1 is 1.29 bits per heavy atom. The number of benzene rings is 1. The minimum atomic E-state index is -0.438. The summed E-state index contributed by atoms with van der Waals surface area (Å²) in [7, 11) is 0. The Kier molecular flexibility index (Phi) is 3.18. The molecule has 0 aliphatic rings. The second-order valence-corrected chi connectivity index (χ2v) is 3.43. The summed E-state index contributed by atoms with van der Waals surface area (Å²) < 4.78 is 18.8. The lowest BCUT2D eigenvalue weighted by molar-refractivity contribution is 0.422. The molecule has 17 heavy (non-hydrogen) atoms. The number of halogens is 1. The molecule has 0 fully saturated rings. The van der Waals surface area contributed by atoms with Gasteiger partial charge in [-0.05, 0) is 18.6 Å². The van der Waals surface area contributed by atoms with Gasteiger partial charge in [0.1, 0.15) is 12.1 Å². The molecule has 0 saturated heterocycles. The first-order valence-corrected chi connectivity index (χ1v) is 5.24. The summed E-state index contributed by atoms with van der Waals surface area (Å²) in [5.74, 6) is 0.339. The van der Waals surface area contributed by atoms with Crippen LogP contribution in [0.5, 0.6) is 11.6 Å². The van der Waals surface area contributed by atoms with E-state index < -0.39 is 5.82 Å². The standard InChI is InChI=1S/C12H12FN3O/c1-2-8-11(14)15-7-16-12(8)17-10-6-4-3-5-9(10)13/h3-7H,2H2,1H3,(H2,14,15,16). The van der Waals surface area contributed by atoms with Gasteiger partial charge < -0.3 is 10.5 Å². The fourth-order valence-electron chi connectivity index (χ4n) is 1.46. The highest BCUT2D eigenvalue weighted by atomic mass is 19.1. The van der Waals surface area contributed by atoms with Crippen molar-refractivity contribution in [3.05, 3.63) is 42.0 Å². The van der Waals surface area contributed by atoms with E-state index in [-0.39, 0.29) is 5.75 Å². The number of hydrogen-bond acceptors (Lipinski definition) is 4. The number of aromatic nitrogens is 2. The zero-order chi connectivity index (χ0) is 12.3. The van der Waals surface area contributed by atoms with Crippen molar-refractivity contribution in [2.75, 3.05) is 5.73 Å². The fourth-order valence-corrected chi connectivity index (χ4v) is 1.46. The molecule has 0 aliphatic heterocycles. The van der Waals surface area contributed by atoms with Crippen molar-refractivity contribution in [3.8, 4) is 11.6 Å². The maximum absolute atomic E-state index is 13.4. The van der Waals surface area contributed by atoms with Crippen LogP contribution < -0.4 is 10.5 Å². The van der Waals surface area contributed by atoms with E-state index in [0.717, 1.165) is 0 Å². The predicted molar refractivity (Wildman–Crippen MR) is 62.3 cm³/mol. The van der Waals surface area contributed by atoms with Crippen LogP contribution in [-0.4, -0.2) is 9.97 Å². The molecule has 0 spiro atoms. The topological polar surface area (TPSA) is 61.0 Å². The van der Waals surface area contributed by atoms with Crippen molar-refractivity contribution >= 4 is 5.82 Å². The SMILES string of the molecule is CCc1c(N)ncnc1Oc1ccccc1F. The Morgan fingerprint density at radius 3 is 2.76 bits per heavy atom. The number of rotatable bonds is 3. The number of nitrogens with two attached hydrogens (primary N) is 1. The molecule has 4 nitrogen and oxygen atoms in total. The second-order valence-electron chi connectivity index (χ2n) is 3.43. The fraction of sp³-hybridized carbons (Fsp3) is 0.167. The van der Waals surface area contributed by atoms with Crippen LogP contribution in [0.25, 0.3) is 0 Å². The van der Waals surface area contributed by atoms with Gasteiger partial charge in [0.05, 0.1) is 5.56 Å². The van der Waals surface area contributed by atoms with Crippen LogP contribution in [-0.2, 0) is 6.42 Å². The molecule has 5 heteroatoms. The smallest absolute Gasteiger partial charge is 0.227 e. The summed E-state index contributed by atoms with van der Waals surface area (Å²) >= 11 is 0. The second kappa shape index (κ2) is 4.78. The van der Waals surface area contributed by atoms with E-state index in [0.29, 0.717) is 23.7 Å². The summed E-state index contributed by atoms with van der Waals surface area (Å²) in [6.45, 7) is 1.91.